The number of hydrogen-bond acceptors (Lipinski definition) is 4. The van der Waals surface area contributed by atoms with E-state index in [0.717, 1.165) is 24.9 Å². The van der Waals surface area contributed by atoms with E-state index in [9.17, 15) is 9.59 Å². The van der Waals surface area contributed by atoms with Crippen LogP contribution in [0.1, 0.15) is 61.1 Å². The van der Waals surface area contributed by atoms with Crippen LogP contribution in [0.15, 0.2) is 42.5 Å². The molecule has 1 atom stereocenters. The maximum atomic E-state index is 13.2. The Hall–Kier alpha value is -2.37. The van der Waals surface area contributed by atoms with Crippen LogP contribution in [0.25, 0.3) is 0 Å². The molecule has 2 N–H and O–H groups in total. The van der Waals surface area contributed by atoms with Gasteiger partial charge < -0.3 is 15.4 Å². The zero-order chi connectivity index (χ0) is 21.2. The van der Waals surface area contributed by atoms with E-state index in [2.05, 4.69) is 6.07 Å². The highest BCUT2D eigenvalue weighted by Crippen LogP contribution is 2.30. The maximum Gasteiger partial charge on any atom is 0.328 e. The number of carbonyl (C=O) groups is 2. The number of esters is 1. The van der Waals surface area contributed by atoms with Crippen LogP contribution < -0.4 is 10.6 Å². The van der Waals surface area contributed by atoms with Crippen molar-refractivity contribution in [3.63, 3.8) is 0 Å². The third-order valence-electron chi connectivity index (χ3n) is 4.85. The van der Waals surface area contributed by atoms with E-state index in [-0.39, 0.29) is 10.9 Å². The van der Waals surface area contributed by atoms with Crippen LogP contribution in [0.2, 0.25) is 5.02 Å². The van der Waals surface area contributed by atoms with E-state index in [1.165, 1.54) is 5.56 Å². The van der Waals surface area contributed by atoms with Crippen molar-refractivity contribution < 1.29 is 14.3 Å². The number of para-hydroxylation sites is 1. The molecule has 0 saturated heterocycles. The van der Waals surface area contributed by atoms with Crippen LogP contribution in [-0.4, -0.2) is 24.0 Å². The van der Waals surface area contributed by atoms with Gasteiger partial charge in [0.2, 0.25) is 0 Å². The molecule has 6 heteroatoms. The first-order valence-electron chi connectivity index (χ1n) is 9.85. The highest BCUT2D eigenvalue weighted by atomic mass is 35.5. The number of ether oxygens (including phenoxy) is 1. The molecular formula is C23H27ClN2O3. The molecule has 0 saturated carbocycles. The van der Waals surface area contributed by atoms with Gasteiger partial charge in [-0.1, -0.05) is 35.9 Å². The van der Waals surface area contributed by atoms with Gasteiger partial charge in [-0.15, -0.1) is 0 Å². The minimum Gasteiger partial charge on any atom is -0.459 e. The Labute approximate surface area is 176 Å². The van der Waals surface area contributed by atoms with Gasteiger partial charge in [0.25, 0.3) is 5.91 Å². The number of fused-ring (bicyclic) bond motifs is 1. The second-order valence-corrected chi connectivity index (χ2v) is 8.70. The molecule has 1 aliphatic heterocycles. The molecule has 1 aliphatic rings. The van der Waals surface area contributed by atoms with Crippen molar-refractivity contribution in [1.82, 2.24) is 0 Å². The normalized spacial score (nSPS) is 15.3. The van der Waals surface area contributed by atoms with Crippen LogP contribution in [0.3, 0.4) is 0 Å². The largest absolute Gasteiger partial charge is 0.459 e. The summed E-state index contributed by atoms with van der Waals surface area (Å²) in [5, 5.41) is 0.275. The van der Waals surface area contributed by atoms with Crippen molar-refractivity contribution in [1.29, 1.82) is 0 Å². The lowest BCUT2D eigenvalue weighted by molar-refractivity contribution is -0.156. The van der Waals surface area contributed by atoms with Gasteiger partial charge >= 0.3 is 5.97 Å². The van der Waals surface area contributed by atoms with Gasteiger partial charge in [-0.2, -0.15) is 0 Å². The van der Waals surface area contributed by atoms with E-state index in [1.807, 2.05) is 23.1 Å². The molecule has 1 heterocycles. The lowest BCUT2D eigenvalue weighted by atomic mass is 10.0. The van der Waals surface area contributed by atoms with E-state index >= 15 is 0 Å². The molecule has 0 spiro atoms. The number of rotatable bonds is 3. The molecule has 0 aliphatic carbocycles. The summed E-state index contributed by atoms with van der Waals surface area (Å²) in [5.74, 6) is -0.668. The number of hydrogen-bond donors (Lipinski definition) is 1. The Morgan fingerprint density at radius 1 is 1.14 bits per heavy atom. The summed E-state index contributed by atoms with van der Waals surface area (Å²) in [6, 6.07) is 11.9. The number of amides is 1. The van der Waals surface area contributed by atoms with Gasteiger partial charge in [-0.25, -0.2) is 4.79 Å². The molecule has 3 rings (SSSR count). The van der Waals surface area contributed by atoms with Crippen molar-refractivity contribution >= 4 is 29.2 Å². The van der Waals surface area contributed by atoms with Crippen molar-refractivity contribution in [2.75, 3.05) is 11.4 Å². The molecule has 154 valence electrons. The average molecular weight is 415 g/mol. The van der Waals surface area contributed by atoms with Crippen LogP contribution >= 0.6 is 11.6 Å². The van der Waals surface area contributed by atoms with Crippen LogP contribution in [0, 0.1) is 0 Å². The summed E-state index contributed by atoms with van der Waals surface area (Å²) >= 11 is 6.40. The number of nitrogens with two attached hydrogens (primary N) is 1. The first-order chi connectivity index (χ1) is 13.7. The molecule has 0 radical (unpaired) electrons. The minimum absolute atomic E-state index is 0.112. The topological polar surface area (TPSA) is 72.6 Å². The van der Waals surface area contributed by atoms with Gasteiger partial charge in [0.05, 0.1) is 0 Å². The quantitative estimate of drug-likeness (QED) is 0.741. The lowest BCUT2D eigenvalue weighted by Crippen LogP contribution is -2.32. The Morgan fingerprint density at radius 2 is 1.86 bits per heavy atom. The molecule has 0 aromatic heterocycles. The number of halogens is 1. The zero-order valence-corrected chi connectivity index (χ0v) is 17.8. The minimum atomic E-state index is -1.01. The van der Waals surface area contributed by atoms with Gasteiger partial charge in [-0.3, -0.25) is 4.79 Å². The van der Waals surface area contributed by atoms with Gasteiger partial charge in [0, 0.05) is 22.8 Å². The summed E-state index contributed by atoms with van der Waals surface area (Å²) < 4.78 is 5.34. The van der Waals surface area contributed by atoms with Crippen molar-refractivity contribution in [3.8, 4) is 0 Å². The Bertz CT molecular complexity index is 921. The molecule has 0 fully saturated rings. The molecule has 1 unspecified atom stereocenters. The molecule has 1 amide bonds. The molecule has 0 bridgehead atoms. The van der Waals surface area contributed by atoms with Crippen LogP contribution in [-0.2, 0) is 16.0 Å². The van der Waals surface area contributed by atoms with Crippen LogP contribution in [0.4, 0.5) is 5.69 Å². The predicted octanol–water partition coefficient (Wildman–Crippen LogP) is 4.66. The standard InChI is InChI=1S/C23H27ClN2O3/c1-23(2,3)29-22(28)20(25)17-12-11-16(14-18(17)24)21(27)26-13-7-6-9-15-8-4-5-10-19(15)26/h4-5,8,10-12,14,20H,6-7,9,13,25H2,1-3H3. The number of anilines is 1. The summed E-state index contributed by atoms with van der Waals surface area (Å²) in [6.07, 6.45) is 2.95. The summed E-state index contributed by atoms with van der Waals surface area (Å²) in [5.41, 5.74) is 8.43. The maximum absolute atomic E-state index is 13.2. The average Bonchev–Trinajstić information content (AvgIpc) is 2.88. The fourth-order valence-electron chi connectivity index (χ4n) is 3.46. The molecular weight excluding hydrogens is 388 g/mol. The number of carbonyl (C=O) groups excluding carboxylic acids is 2. The Kier molecular flexibility index (Phi) is 6.30. The van der Waals surface area contributed by atoms with Gasteiger partial charge in [0.1, 0.15) is 11.6 Å². The van der Waals surface area contributed by atoms with Crippen molar-refractivity contribution in [2.45, 2.75) is 51.7 Å². The fourth-order valence-corrected chi connectivity index (χ4v) is 3.76. The van der Waals surface area contributed by atoms with E-state index in [4.69, 9.17) is 22.1 Å². The van der Waals surface area contributed by atoms with Gasteiger partial charge in [-0.05, 0) is 69.4 Å². The molecule has 29 heavy (non-hydrogen) atoms. The third-order valence-corrected chi connectivity index (χ3v) is 5.18. The smallest absolute Gasteiger partial charge is 0.328 e. The number of nitrogens with zero attached hydrogens (tertiary/aromatic N) is 1. The predicted molar refractivity (Wildman–Crippen MR) is 115 cm³/mol. The van der Waals surface area contributed by atoms with E-state index in [1.54, 1.807) is 39.0 Å². The second kappa shape index (κ2) is 8.56. The molecule has 2 aromatic rings. The number of aryl methyl sites for hydroxylation is 1. The van der Waals surface area contributed by atoms with E-state index < -0.39 is 17.6 Å². The summed E-state index contributed by atoms with van der Waals surface area (Å²) in [4.78, 5) is 27.3. The Morgan fingerprint density at radius 3 is 2.55 bits per heavy atom. The SMILES string of the molecule is CC(C)(C)OC(=O)C(N)c1ccc(C(=O)N2CCCCc3ccccc32)cc1Cl. The molecule has 5 nitrogen and oxygen atoms in total. The lowest BCUT2D eigenvalue weighted by Gasteiger charge is -2.24. The summed E-state index contributed by atoms with van der Waals surface area (Å²) in [6.45, 7) is 5.99. The monoisotopic (exact) mass is 414 g/mol. The second-order valence-electron chi connectivity index (χ2n) is 8.29. The first-order valence-corrected chi connectivity index (χ1v) is 10.2. The molecule has 2 aromatic carbocycles. The highest BCUT2D eigenvalue weighted by molar-refractivity contribution is 6.32. The first kappa shape index (κ1) is 21.3. The zero-order valence-electron chi connectivity index (χ0n) is 17.1. The van der Waals surface area contributed by atoms with Crippen LogP contribution in [0.5, 0.6) is 0 Å². The van der Waals surface area contributed by atoms with Crippen molar-refractivity contribution in [2.24, 2.45) is 5.73 Å². The third kappa shape index (κ3) is 4.98. The number of benzene rings is 2. The summed E-state index contributed by atoms with van der Waals surface area (Å²) in [7, 11) is 0. The van der Waals surface area contributed by atoms with Gasteiger partial charge in [0.15, 0.2) is 0 Å². The highest BCUT2D eigenvalue weighted by Gasteiger charge is 2.27. The van der Waals surface area contributed by atoms with Crippen molar-refractivity contribution in [3.05, 3.63) is 64.2 Å². The van der Waals surface area contributed by atoms with E-state index in [0.29, 0.717) is 17.7 Å². The fraction of sp³-hybridized carbons (Fsp3) is 0.391. The Balaban J connectivity index is 1.85.